The second kappa shape index (κ2) is 8.54. The average Bonchev–Trinajstić information content (AvgIpc) is 3.45. The van der Waals surface area contributed by atoms with E-state index in [0.29, 0.717) is 23.2 Å². The number of pyridine rings is 1. The van der Waals surface area contributed by atoms with Crippen LogP contribution in [0.3, 0.4) is 0 Å². The molecule has 5 rings (SSSR count). The second-order valence-electron chi connectivity index (χ2n) is 8.38. The molecule has 0 atom stereocenters. The van der Waals surface area contributed by atoms with Gasteiger partial charge in [0.25, 0.3) is 0 Å². The first-order chi connectivity index (χ1) is 16.4. The Bertz CT molecular complexity index is 1390. The van der Waals surface area contributed by atoms with Crippen LogP contribution in [-0.2, 0) is 7.05 Å². The third-order valence-corrected chi connectivity index (χ3v) is 5.53. The van der Waals surface area contributed by atoms with Crippen LogP contribution < -0.4 is 14.8 Å². The summed E-state index contributed by atoms with van der Waals surface area (Å²) in [6.07, 6.45) is 5.02. The second-order valence-corrected chi connectivity index (χ2v) is 8.38. The standard InChI is InChI=1S/C24H24N6O4/c1-28(2)24(32)34-22-13-18(8-10-25-22)33-17-6-7-19-16(12-17)9-11-30(19)23(31)26-21-14-20(15-4-5-15)29(3)27-21/h6-15H,4-5H2,1-3H3,(H,26,27,31). The fourth-order valence-corrected chi connectivity index (χ4v) is 3.66. The number of rotatable bonds is 5. The molecule has 0 saturated heterocycles. The lowest BCUT2D eigenvalue weighted by Gasteiger charge is -2.11. The van der Waals surface area contributed by atoms with Crippen molar-refractivity contribution in [2.75, 3.05) is 19.4 Å². The number of nitrogens with one attached hydrogen (secondary N) is 1. The van der Waals surface area contributed by atoms with Crippen LogP contribution in [-0.4, -0.2) is 50.5 Å². The van der Waals surface area contributed by atoms with Crippen LogP contribution in [0.1, 0.15) is 24.5 Å². The summed E-state index contributed by atoms with van der Waals surface area (Å²) in [4.78, 5) is 29.9. The molecular formula is C24H24N6O4. The Morgan fingerprint density at radius 2 is 1.88 bits per heavy atom. The maximum absolute atomic E-state index is 12.9. The summed E-state index contributed by atoms with van der Waals surface area (Å²) >= 11 is 0. The van der Waals surface area contributed by atoms with Crippen LogP contribution in [0.5, 0.6) is 17.4 Å². The van der Waals surface area contributed by atoms with Gasteiger partial charge in [0.05, 0.1) is 5.52 Å². The van der Waals surface area contributed by atoms with Crippen LogP contribution >= 0.6 is 0 Å². The number of ether oxygens (including phenoxy) is 2. The van der Waals surface area contributed by atoms with E-state index >= 15 is 0 Å². The Balaban J connectivity index is 1.30. The highest BCUT2D eigenvalue weighted by Crippen LogP contribution is 2.40. The first kappa shape index (κ1) is 21.5. The van der Waals surface area contributed by atoms with Gasteiger partial charge in [0.15, 0.2) is 5.82 Å². The first-order valence-electron chi connectivity index (χ1n) is 10.9. The Labute approximate surface area is 195 Å². The molecule has 1 aromatic carbocycles. The molecule has 1 fully saturated rings. The van der Waals surface area contributed by atoms with Crippen molar-refractivity contribution in [2.24, 2.45) is 7.05 Å². The minimum Gasteiger partial charge on any atom is -0.457 e. The van der Waals surface area contributed by atoms with E-state index < -0.39 is 6.09 Å². The molecule has 1 aliphatic rings. The molecule has 0 bridgehead atoms. The molecule has 10 heteroatoms. The van der Waals surface area contributed by atoms with Crippen molar-refractivity contribution in [3.8, 4) is 17.4 Å². The van der Waals surface area contributed by atoms with Crippen LogP contribution in [0.15, 0.2) is 54.9 Å². The minimum atomic E-state index is -0.528. The summed E-state index contributed by atoms with van der Waals surface area (Å²) in [5, 5.41) is 8.12. The SMILES string of the molecule is CN(C)C(=O)Oc1cc(Oc2ccc3c(ccn3C(=O)Nc3cc(C4CC4)n(C)n3)c2)ccn1. The zero-order chi connectivity index (χ0) is 23.8. The number of hydrogen-bond donors (Lipinski definition) is 1. The molecule has 0 aliphatic heterocycles. The zero-order valence-corrected chi connectivity index (χ0v) is 19.1. The lowest BCUT2D eigenvalue weighted by Crippen LogP contribution is -2.25. The van der Waals surface area contributed by atoms with Crippen molar-refractivity contribution in [3.05, 3.63) is 60.6 Å². The van der Waals surface area contributed by atoms with E-state index in [1.807, 2.05) is 36.0 Å². The van der Waals surface area contributed by atoms with E-state index in [1.165, 1.54) is 34.6 Å². The predicted octanol–water partition coefficient (Wildman–Crippen LogP) is 4.58. The topological polar surface area (TPSA) is 104 Å². The van der Waals surface area contributed by atoms with Crippen molar-refractivity contribution in [1.82, 2.24) is 24.2 Å². The highest BCUT2D eigenvalue weighted by molar-refractivity contribution is 5.98. The Kier molecular flexibility index (Phi) is 5.40. The van der Waals surface area contributed by atoms with Gasteiger partial charge in [-0.15, -0.1) is 0 Å². The van der Waals surface area contributed by atoms with Crippen LogP contribution in [0, 0.1) is 0 Å². The first-order valence-corrected chi connectivity index (χ1v) is 10.9. The number of anilines is 1. The van der Waals surface area contributed by atoms with Crippen molar-refractivity contribution in [3.63, 3.8) is 0 Å². The maximum Gasteiger partial charge on any atom is 0.416 e. The number of aromatic nitrogens is 4. The summed E-state index contributed by atoms with van der Waals surface area (Å²) in [6.45, 7) is 0. The minimum absolute atomic E-state index is 0.138. The maximum atomic E-state index is 12.9. The summed E-state index contributed by atoms with van der Waals surface area (Å²) in [5.41, 5.74) is 1.88. The Morgan fingerprint density at radius 1 is 1.09 bits per heavy atom. The number of nitrogens with zero attached hydrogens (tertiary/aromatic N) is 5. The van der Waals surface area contributed by atoms with Crippen molar-refractivity contribution < 1.29 is 19.1 Å². The van der Waals surface area contributed by atoms with Gasteiger partial charge >= 0.3 is 12.1 Å². The number of carbonyl (C=O) groups is 2. The number of aryl methyl sites for hydroxylation is 1. The van der Waals surface area contributed by atoms with Gasteiger partial charge in [-0.3, -0.25) is 14.6 Å². The molecule has 174 valence electrons. The number of hydrogen-bond acceptors (Lipinski definition) is 6. The molecule has 4 aromatic rings. The van der Waals surface area contributed by atoms with Gasteiger partial charge in [-0.1, -0.05) is 0 Å². The third-order valence-electron chi connectivity index (χ3n) is 5.53. The van der Waals surface area contributed by atoms with Gasteiger partial charge in [-0.05, 0) is 43.2 Å². The van der Waals surface area contributed by atoms with Crippen molar-refractivity contribution in [2.45, 2.75) is 18.8 Å². The molecular weight excluding hydrogens is 436 g/mol. The van der Waals surface area contributed by atoms with Gasteiger partial charge < -0.3 is 14.4 Å². The van der Waals surface area contributed by atoms with Crippen LogP contribution in [0.4, 0.5) is 15.4 Å². The molecule has 34 heavy (non-hydrogen) atoms. The highest BCUT2D eigenvalue weighted by atomic mass is 16.6. The molecule has 0 radical (unpaired) electrons. The Morgan fingerprint density at radius 3 is 2.65 bits per heavy atom. The Hall–Kier alpha value is -4.34. The number of benzene rings is 1. The normalized spacial score (nSPS) is 13.0. The predicted molar refractivity (Wildman–Crippen MR) is 126 cm³/mol. The van der Waals surface area contributed by atoms with Crippen LogP contribution in [0.2, 0.25) is 0 Å². The smallest absolute Gasteiger partial charge is 0.416 e. The fourth-order valence-electron chi connectivity index (χ4n) is 3.66. The molecule has 0 spiro atoms. The molecule has 1 N–H and O–H groups in total. The molecule has 2 amide bonds. The number of fused-ring (bicyclic) bond motifs is 1. The lowest BCUT2D eigenvalue weighted by molar-refractivity contribution is 0.170. The van der Waals surface area contributed by atoms with Crippen molar-refractivity contribution >= 4 is 28.8 Å². The molecule has 1 saturated carbocycles. The third kappa shape index (κ3) is 4.42. The number of amides is 2. The van der Waals surface area contributed by atoms with Gasteiger partial charge in [-0.2, -0.15) is 5.10 Å². The summed E-state index contributed by atoms with van der Waals surface area (Å²) in [6, 6.07) is 12.1. The summed E-state index contributed by atoms with van der Waals surface area (Å²) in [5.74, 6) is 2.26. The molecule has 0 unspecified atom stereocenters. The van der Waals surface area contributed by atoms with E-state index in [4.69, 9.17) is 9.47 Å². The van der Waals surface area contributed by atoms with E-state index in [2.05, 4.69) is 15.4 Å². The number of carbonyl (C=O) groups excluding carboxylic acids is 2. The molecule has 3 aromatic heterocycles. The largest absolute Gasteiger partial charge is 0.457 e. The molecule has 3 heterocycles. The fraction of sp³-hybridized carbons (Fsp3) is 0.250. The summed E-state index contributed by atoms with van der Waals surface area (Å²) in [7, 11) is 5.08. The van der Waals surface area contributed by atoms with Crippen LogP contribution in [0.25, 0.3) is 10.9 Å². The van der Waals surface area contributed by atoms with Gasteiger partial charge in [0.1, 0.15) is 11.5 Å². The van der Waals surface area contributed by atoms with Gasteiger partial charge in [0, 0.05) is 62.7 Å². The van der Waals surface area contributed by atoms with E-state index in [1.54, 1.807) is 32.4 Å². The zero-order valence-electron chi connectivity index (χ0n) is 19.1. The average molecular weight is 460 g/mol. The highest BCUT2D eigenvalue weighted by Gasteiger charge is 2.27. The van der Waals surface area contributed by atoms with E-state index in [-0.39, 0.29) is 11.9 Å². The van der Waals surface area contributed by atoms with Gasteiger partial charge in [0.2, 0.25) is 5.88 Å². The summed E-state index contributed by atoms with van der Waals surface area (Å²) < 4.78 is 14.4. The van der Waals surface area contributed by atoms with E-state index in [9.17, 15) is 9.59 Å². The monoisotopic (exact) mass is 460 g/mol. The quantitative estimate of drug-likeness (QED) is 0.468. The molecule has 10 nitrogen and oxygen atoms in total. The van der Waals surface area contributed by atoms with Gasteiger partial charge in [-0.25, -0.2) is 14.6 Å². The molecule has 1 aliphatic carbocycles. The lowest BCUT2D eigenvalue weighted by atomic mass is 10.2. The van der Waals surface area contributed by atoms with Crippen molar-refractivity contribution in [1.29, 1.82) is 0 Å². The van der Waals surface area contributed by atoms with E-state index in [0.717, 1.165) is 16.6 Å².